The number of benzene rings is 2. The molecule has 4 aromatic rings. The first-order valence-electron chi connectivity index (χ1n) is 9.07. The van der Waals surface area contributed by atoms with Crippen LogP contribution in [0.4, 0.5) is 13.2 Å². The van der Waals surface area contributed by atoms with Crippen LogP contribution in [-0.4, -0.2) is 22.1 Å². The lowest BCUT2D eigenvalue weighted by Gasteiger charge is -2.12. The minimum Gasteiger partial charge on any atom is -0.496 e. The molecule has 0 saturated heterocycles. The Kier molecular flexibility index (Phi) is 5.94. The van der Waals surface area contributed by atoms with Gasteiger partial charge in [-0.05, 0) is 52.3 Å². The molecule has 2 aromatic heterocycles. The standard InChI is InChI=1S/C22H15BrF3N3O2/c1-30-18-9-15(31-11-13-2-4-14(24)8-17(13)25)5-6-16(18)20-21(23)29-22(28-20)12-3-7-19(26)27-10-12/h2-10H,11H2,1H3,(H,28,29). The molecule has 5 nitrogen and oxygen atoms in total. The predicted molar refractivity (Wildman–Crippen MR) is 112 cm³/mol. The van der Waals surface area contributed by atoms with E-state index in [4.69, 9.17) is 9.47 Å². The highest BCUT2D eigenvalue weighted by Crippen LogP contribution is 2.37. The smallest absolute Gasteiger partial charge is 0.212 e. The lowest BCUT2D eigenvalue weighted by atomic mass is 10.1. The van der Waals surface area contributed by atoms with Crippen molar-refractivity contribution in [3.8, 4) is 34.1 Å². The second kappa shape index (κ2) is 8.81. The van der Waals surface area contributed by atoms with E-state index in [0.29, 0.717) is 38.7 Å². The van der Waals surface area contributed by atoms with Gasteiger partial charge in [-0.25, -0.2) is 18.7 Å². The van der Waals surface area contributed by atoms with Crippen LogP contribution in [-0.2, 0) is 6.61 Å². The monoisotopic (exact) mass is 489 g/mol. The van der Waals surface area contributed by atoms with Crippen LogP contribution in [0.15, 0.2) is 59.3 Å². The summed E-state index contributed by atoms with van der Waals surface area (Å²) >= 11 is 3.43. The summed E-state index contributed by atoms with van der Waals surface area (Å²) in [5.41, 5.74) is 2.20. The van der Waals surface area contributed by atoms with Crippen molar-refractivity contribution in [3.05, 3.63) is 82.5 Å². The summed E-state index contributed by atoms with van der Waals surface area (Å²) in [7, 11) is 1.51. The molecule has 0 aliphatic heterocycles. The number of halogens is 4. The number of nitrogens with one attached hydrogen (secondary N) is 1. The van der Waals surface area contributed by atoms with Gasteiger partial charge in [-0.15, -0.1) is 0 Å². The molecule has 4 rings (SSSR count). The fourth-order valence-electron chi connectivity index (χ4n) is 2.95. The van der Waals surface area contributed by atoms with E-state index in [2.05, 4.69) is 30.9 Å². The molecule has 1 N–H and O–H groups in total. The summed E-state index contributed by atoms with van der Waals surface area (Å²) in [6.45, 7) is -0.0654. The van der Waals surface area contributed by atoms with Gasteiger partial charge in [-0.2, -0.15) is 4.39 Å². The molecule has 0 atom stereocenters. The fourth-order valence-corrected chi connectivity index (χ4v) is 3.44. The average Bonchev–Trinajstić information content (AvgIpc) is 3.14. The van der Waals surface area contributed by atoms with Gasteiger partial charge in [-0.1, -0.05) is 0 Å². The van der Waals surface area contributed by atoms with Crippen molar-refractivity contribution in [1.82, 2.24) is 15.0 Å². The van der Waals surface area contributed by atoms with Crippen LogP contribution < -0.4 is 9.47 Å². The molecule has 2 heterocycles. The molecule has 0 fully saturated rings. The highest BCUT2D eigenvalue weighted by Gasteiger charge is 2.16. The molecule has 0 radical (unpaired) electrons. The molecule has 0 amide bonds. The first-order chi connectivity index (χ1) is 14.9. The molecule has 0 aliphatic rings. The molecule has 9 heteroatoms. The Bertz CT molecular complexity index is 1230. The summed E-state index contributed by atoms with van der Waals surface area (Å²) in [5.74, 6) is -0.454. The van der Waals surface area contributed by atoms with Crippen LogP contribution in [0.25, 0.3) is 22.6 Å². The van der Waals surface area contributed by atoms with Crippen molar-refractivity contribution in [1.29, 1.82) is 0 Å². The average molecular weight is 490 g/mol. The number of aromatic nitrogens is 3. The van der Waals surface area contributed by atoms with Gasteiger partial charge in [0, 0.05) is 35.0 Å². The maximum Gasteiger partial charge on any atom is 0.212 e. The molecule has 31 heavy (non-hydrogen) atoms. The Balaban J connectivity index is 1.59. The first kappa shape index (κ1) is 20.9. The summed E-state index contributed by atoms with van der Waals surface area (Å²) < 4.78 is 51.6. The molecule has 2 aromatic carbocycles. The Morgan fingerprint density at radius 2 is 1.87 bits per heavy atom. The molecule has 0 spiro atoms. The zero-order valence-electron chi connectivity index (χ0n) is 16.1. The third-order valence-electron chi connectivity index (χ3n) is 4.51. The molecule has 0 saturated carbocycles. The van der Waals surface area contributed by atoms with Crippen molar-refractivity contribution < 1.29 is 22.6 Å². The quantitative estimate of drug-likeness (QED) is 0.342. The third kappa shape index (κ3) is 4.56. The highest BCUT2D eigenvalue weighted by atomic mass is 79.9. The summed E-state index contributed by atoms with van der Waals surface area (Å²) in [4.78, 5) is 11.2. The van der Waals surface area contributed by atoms with Crippen LogP contribution >= 0.6 is 15.9 Å². The number of pyridine rings is 1. The van der Waals surface area contributed by atoms with Crippen molar-refractivity contribution in [2.75, 3.05) is 7.11 Å². The topological polar surface area (TPSA) is 60.0 Å². The molecular formula is C22H15BrF3N3O2. The van der Waals surface area contributed by atoms with E-state index in [-0.39, 0.29) is 12.2 Å². The Labute approximate surface area is 184 Å². The largest absolute Gasteiger partial charge is 0.496 e. The van der Waals surface area contributed by atoms with E-state index in [0.717, 1.165) is 6.07 Å². The van der Waals surface area contributed by atoms with Crippen molar-refractivity contribution in [2.24, 2.45) is 0 Å². The van der Waals surface area contributed by atoms with E-state index in [9.17, 15) is 13.2 Å². The number of aromatic amines is 1. The number of methoxy groups -OCH3 is 1. The zero-order valence-corrected chi connectivity index (χ0v) is 17.7. The van der Waals surface area contributed by atoms with Crippen LogP contribution in [0.5, 0.6) is 11.5 Å². The maximum atomic E-state index is 13.8. The third-order valence-corrected chi connectivity index (χ3v) is 5.09. The number of H-pyrrole nitrogens is 1. The normalized spacial score (nSPS) is 10.9. The van der Waals surface area contributed by atoms with Crippen molar-refractivity contribution in [2.45, 2.75) is 6.61 Å². The van der Waals surface area contributed by atoms with Gasteiger partial charge in [0.25, 0.3) is 0 Å². The number of rotatable bonds is 6. The zero-order chi connectivity index (χ0) is 22.0. The minimum atomic E-state index is -0.673. The lowest BCUT2D eigenvalue weighted by Crippen LogP contribution is -1.99. The SMILES string of the molecule is COc1cc(OCc2ccc(F)cc2F)ccc1-c1[nH]c(-c2ccc(F)nc2)nc1Br. The van der Waals surface area contributed by atoms with Gasteiger partial charge in [-0.3, -0.25) is 0 Å². The molecular weight excluding hydrogens is 475 g/mol. The van der Waals surface area contributed by atoms with Crippen LogP contribution in [0.1, 0.15) is 5.56 Å². The molecule has 0 unspecified atom stereocenters. The van der Waals surface area contributed by atoms with Gasteiger partial charge in [0.15, 0.2) is 0 Å². The maximum absolute atomic E-state index is 13.8. The van der Waals surface area contributed by atoms with Crippen molar-refractivity contribution in [3.63, 3.8) is 0 Å². The minimum absolute atomic E-state index is 0.0654. The molecule has 0 bridgehead atoms. The Morgan fingerprint density at radius 3 is 2.58 bits per heavy atom. The van der Waals surface area contributed by atoms with Gasteiger partial charge in [0.1, 0.15) is 40.2 Å². The Morgan fingerprint density at radius 1 is 1.03 bits per heavy atom. The van der Waals surface area contributed by atoms with Gasteiger partial charge in [0.05, 0.1) is 12.8 Å². The van der Waals surface area contributed by atoms with E-state index in [1.54, 1.807) is 24.3 Å². The summed E-state index contributed by atoms with van der Waals surface area (Å²) in [6, 6.07) is 11.3. The van der Waals surface area contributed by atoms with Crippen LogP contribution in [0, 0.1) is 17.6 Å². The van der Waals surface area contributed by atoms with Crippen molar-refractivity contribution >= 4 is 15.9 Å². The van der Waals surface area contributed by atoms with Crippen LogP contribution in [0.2, 0.25) is 0 Å². The highest BCUT2D eigenvalue weighted by molar-refractivity contribution is 9.10. The second-order valence-corrected chi connectivity index (χ2v) is 7.26. The molecule has 0 aliphatic carbocycles. The van der Waals surface area contributed by atoms with E-state index >= 15 is 0 Å². The van der Waals surface area contributed by atoms with Gasteiger partial charge < -0.3 is 14.5 Å². The second-order valence-electron chi connectivity index (χ2n) is 6.51. The van der Waals surface area contributed by atoms with E-state index in [1.807, 2.05) is 0 Å². The van der Waals surface area contributed by atoms with E-state index < -0.39 is 17.6 Å². The predicted octanol–water partition coefficient (Wildman–Crippen LogP) is 5.91. The lowest BCUT2D eigenvalue weighted by molar-refractivity contribution is 0.297. The number of hydrogen-bond acceptors (Lipinski definition) is 4. The number of hydrogen-bond donors (Lipinski definition) is 1. The van der Waals surface area contributed by atoms with Gasteiger partial charge in [0.2, 0.25) is 5.95 Å². The number of ether oxygens (including phenoxy) is 2. The summed E-state index contributed by atoms with van der Waals surface area (Å²) in [6.07, 6.45) is 1.38. The van der Waals surface area contributed by atoms with E-state index in [1.165, 1.54) is 31.5 Å². The van der Waals surface area contributed by atoms with Gasteiger partial charge >= 0.3 is 0 Å². The number of nitrogens with zero attached hydrogens (tertiary/aromatic N) is 2. The fraction of sp³-hybridized carbons (Fsp3) is 0.0909. The first-order valence-corrected chi connectivity index (χ1v) is 9.86. The number of imidazole rings is 1. The molecule has 158 valence electrons. The van der Waals surface area contributed by atoms with Crippen LogP contribution in [0.3, 0.4) is 0 Å². The summed E-state index contributed by atoms with van der Waals surface area (Å²) in [5, 5.41) is 0. The Hall–Kier alpha value is -3.33.